The third kappa shape index (κ3) is 4.51. The fourth-order valence-electron chi connectivity index (χ4n) is 2.70. The van der Waals surface area contributed by atoms with Crippen LogP contribution < -0.4 is 0 Å². The van der Waals surface area contributed by atoms with Gasteiger partial charge < -0.3 is 10.0 Å². The monoisotopic (exact) mass is 294 g/mol. The van der Waals surface area contributed by atoms with Crippen molar-refractivity contribution in [2.45, 2.75) is 20.4 Å². The summed E-state index contributed by atoms with van der Waals surface area (Å²) in [5.41, 5.74) is 0.565. The molecule has 2 rings (SSSR count). The molecule has 1 saturated heterocycles. The minimum Gasteiger partial charge on any atom is -0.478 e. The number of halogens is 1. The summed E-state index contributed by atoms with van der Waals surface area (Å²) in [5.74, 6) is -0.861. The quantitative estimate of drug-likeness (QED) is 0.905. The van der Waals surface area contributed by atoms with E-state index in [1.54, 1.807) is 6.07 Å². The Morgan fingerprint density at radius 3 is 2.38 bits per heavy atom. The van der Waals surface area contributed by atoms with Crippen molar-refractivity contribution in [1.82, 2.24) is 9.80 Å². The van der Waals surface area contributed by atoms with Gasteiger partial charge in [-0.3, -0.25) is 4.90 Å². The van der Waals surface area contributed by atoms with Gasteiger partial charge in [-0.2, -0.15) is 0 Å². The molecule has 1 fully saturated rings. The first kappa shape index (κ1) is 15.9. The number of hydrogen-bond donors (Lipinski definition) is 1. The molecule has 0 bridgehead atoms. The van der Waals surface area contributed by atoms with Crippen LogP contribution in [0.1, 0.15) is 29.8 Å². The van der Waals surface area contributed by atoms with E-state index in [-0.39, 0.29) is 5.56 Å². The zero-order valence-electron chi connectivity index (χ0n) is 12.7. The van der Waals surface area contributed by atoms with Crippen molar-refractivity contribution in [2.75, 3.05) is 32.7 Å². The van der Waals surface area contributed by atoms with E-state index in [2.05, 4.69) is 23.6 Å². The number of aromatic carboxylic acids is 1. The van der Waals surface area contributed by atoms with Crippen LogP contribution in [0.4, 0.5) is 4.39 Å². The van der Waals surface area contributed by atoms with E-state index >= 15 is 0 Å². The van der Waals surface area contributed by atoms with Gasteiger partial charge in [-0.1, -0.05) is 19.9 Å². The van der Waals surface area contributed by atoms with E-state index in [0.717, 1.165) is 38.8 Å². The van der Waals surface area contributed by atoms with Crippen molar-refractivity contribution in [1.29, 1.82) is 0 Å². The molecule has 1 N–H and O–H groups in total. The average Bonchev–Trinajstić information content (AvgIpc) is 2.42. The van der Waals surface area contributed by atoms with Gasteiger partial charge in [0.05, 0.1) is 5.56 Å². The van der Waals surface area contributed by atoms with Crippen molar-refractivity contribution < 1.29 is 14.3 Å². The molecule has 0 amide bonds. The summed E-state index contributed by atoms with van der Waals surface area (Å²) in [7, 11) is 0. The van der Waals surface area contributed by atoms with E-state index < -0.39 is 11.8 Å². The van der Waals surface area contributed by atoms with Gasteiger partial charge in [0.15, 0.2) is 0 Å². The van der Waals surface area contributed by atoms with Gasteiger partial charge in [0.1, 0.15) is 5.82 Å². The fraction of sp³-hybridized carbons (Fsp3) is 0.562. The Hall–Kier alpha value is -1.46. The molecule has 0 saturated carbocycles. The summed E-state index contributed by atoms with van der Waals surface area (Å²) in [4.78, 5) is 15.4. The van der Waals surface area contributed by atoms with Gasteiger partial charge in [0.2, 0.25) is 0 Å². The predicted molar refractivity (Wildman–Crippen MR) is 79.9 cm³/mol. The van der Waals surface area contributed by atoms with Gasteiger partial charge in [0.25, 0.3) is 0 Å². The zero-order chi connectivity index (χ0) is 15.4. The van der Waals surface area contributed by atoms with Crippen LogP contribution in [-0.2, 0) is 6.54 Å². The molecule has 5 heteroatoms. The molecule has 0 aromatic heterocycles. The lowest BCUT2D eigenvalue weighted by Crippen LogP contribution is -2.46. The smallest absolute Gasteiger partial charge is 0.335 e. The highest BCUT2D eigenvalue weighted by molar-refractivity contribution is 5.87. The summed E-state index contributed by atoms with van der Waals surface area (Å²) < 4.78 is 13.9. The first-order valence-electron chi connectivity index (χ1n) is 7.42. The van der Waals surface area contributed by atoms with E-state index in [0.29, 0.717) is 18.0 Å². The second kappa shape index (κ2) is 7.00. The van der Waals surface area contributed by atoms with Gasteiger partial charge in [-0.15, -0.1) is 0 Å². The second-order valence-corrected chi connectivity index (χ2v) is 6.08. The summed E-state index contributed by atoms with van der Waals surface area (Å²) in [6.07, 6.45) is 0. The van der Waals surface area contributed by atoms with Crippen LogP contribution in [0.15, 0.2) is 18.2 Å². The number of rotatable bonds is 5. The summed E-state index contributed by atoms with van der Waals surface area (Å²) in [6, 6.07) is 4.15. The third-order valence-corrected chi connectivity index (χ3v) is 3.78. The minimum absolute atomic E-state index is 0.00185. The normalized spacial score (nSPS) is 17.3. The molecule has 0 aliphatic carbocycles. The highest BCUT2D eigenvalue weighted by atomic mass is 19.1. The number of carboxylic acids is 1. The van der Waals surface area contributed by atoms with Crippen molar-refractivity contribution in [2.24, 2.45) is 5.92 Å². The van der Waals surface area contributed by atoms with Crippen molar-refractivity contribution in [3.05, 3.63) is 35.1 Å². The Labute approximate surface area is 125 Å². The molecule has 116 valence electrons. The number of carboxylic acid groups (broad SMARTS) is 1. The lowest BCUT2D eigenvalue weighted by Gasteiger charge is -2.35. The molecule has 1 aliphatic heterocycles. The standard InChI is InChI=1S/C16H23FN2O2/c1-12(2)10-18-5-7-19(8-6-18)11-14-4-3-13(16(20)21)9-15(14)17/h3-4,9,12H,5-8,10-11H2,1-2H3,(H,20,21). The SMILES string of the molecule is CC(C)CN1CCN(Cc2ccc(C(=O)O)cc2F)CC1. The Kier molecular flexibility index (Phi) is 5.31. The maximum absolute atomic E-state index is 13.9. The zero-order valence-corrected chi connectivity index (χ0v) is 12.7. The molecule has 1 aliphatic rings. The maximum atomic E-state index is 13.9. The molecular weight excluding hydrogens is 271 g/mol. The van der Waals surface area contributed by atoms with E-state index in [1.807, 2.05) is 0 Å². The maximum Gasteiger partial charge on any atom is 0.335 e. The van der Waals surface area contributed by atoms with Crippen LogP contribution in [0.5, 0.6) is 0 Å². The molecule has 0 atom stereocenters. The fourth-order valence-corrected chi connectivity index (χ4v) is 2.70. The van der Waals surface area contributed by atoms with Gasteiger partial charge >= 0.3 is 5.97 Å². The van der Waals surface area contributed by atoms with Crippen LogP contribution in [0.25, 0.3) is 0 Å². The topological polar surface area (TPSA) is 43.8 Å². The Morgan fingerprint density at radius 2 is 1.86 bits per heavy atom. The second-order valence-electron chi connectivity index (χ2n) is 6.08. The third-order valence-electron chi connectivity index (χ3n) is 3.78. The molecule has 0 unspecified atom stereocenters. The van der Waals surface area contributed by atoms with Gasteiger partial charge in [-0.25, -0.2) is 9.18 Å². The molecule has 4 nitrogen and oxygen atoms in total. The summed E-state index contributed by atoms with van der Waals surface area (Å²) in [6.45, 7) is 9.94. The Bertz CT molecular complexity index is 497. The lowest BCUT2D eigenvalue weighted by molar-refractivity contribution is 0.0696. The van der Waals surface area contributed by atoms with Crippen LogP contribution >= 0.6 is 0 Å². The number of piperazine rings is 1. The van der Waals surface area contributed by atoms with Gasteiger partial charge in [-0.05, 0) is 18.1 Å². The molecule has 1 aromatic rings. The first-order chi connectivity index (χ1) is 9.95. The van der Waals surface area contributed by atoms with Crippen LogP contribution in [0.3, 0.4) is 0 Å². The molecule has 1 aromatic carbocycles. The molecule has 1 heterocycles. The van der Waals surface area contributed by atoms with E-state index in [9.17, 15) is 9.18 Å². The van der Waals surface area contributed by atoms with E-state index in [4.69, 9.17) is 5.11 Å². The molecule has 21 heavy (non-hydrogen) atoms. The summed E-state index contributed by atoms with van der Waals surface area (Å²) in [5, 5.41) is 8.84. The van der Waals surface area contributed by atoms with Crippen LogP contribution in [0, 0.1) is 11.7 Å². The lowest BCUT2D eigenvalue weighted by atomic mass is 10.1. The number of benzene rings is 1. The molecule has 0 radical (unpaired) electrons. The van der Waals surface area contributed by atoms with Crippen molar-refractivity contribution in [3.63, 3.8) is 0 Å². The first-order valence-corrected chi connectivity index (χ1v) is 7.42. The highest BCUT2D eigenvalue weighted by Gasteiger charge is 2.19. The number of carbonyl (C=O) groups is 1. The average molecular weight is 294 g/mol. The van der Waals surface area contributed by atoms with Gasteiger partial charge in [0, 0.05) is 44.8 Å². The predicted octanol–water partition coefficient (Wildman–Crippen LogP) is 2.30. The molecule has 0 spiro atoms. The molecular formula is C16H23FN2O2. The van der Waals surface area contributed by atoms with Crippen molar-refractivity contribution in [3.8, 4) is 0 Å². The van der Waals surface area contributed by atoms with Crippen LogP contribution in [-0.4, -0.2) is 53.6 Å². The van der Waals surface area contributed by atoms with Crippen LogP contribution in [0.2, 0.25) is 0 Å². The Balaban J connectivity index is 1.90. The Morgan fingerprint density at radius 1 is 1.24 bits per heavy atom. The largest absolute Gasteiger partial charge is 0.478 e. The number of nitrogens with zero attached hydrogens (tertiary/aromatic N) is 2. The van der Waals surface area contributed by atoms with Crippen molar-refractivity contribution >= 4 is 5.97 Å². The van der Waals surface area contributed by atoms with E-state index in [1.165, 1.54) is 6.07 Å². The highest BCUT2D eigenvalue weighted by Crippen LogP contribution is 2.15. The summed E-state index contributed by atoms with van der Waals surface area (Å²) >= 11 is 0. The minimum atomic E-state index is -1.09. The number of hydrogen-bond acceptors (Lipinski definition) is 3.